The Bertz CT molecular complexity index is 1490. The van der Waals surface area contributed by atoms with Gasteiger partial charge in [-0.05, 0) is 23.8 Å². The van der Waals surface area contributed by atoms with Crippen LogP contribution in [0.15, 0.2) is 102 Å². The normalized spacial score (nSPS) is 10.9. The molecule has 0 atom stereocenters. The van der Waals surface area contributed by atoms with Crippen LogP contribution >= 0.6 is 0 Å². The van der Waals surface area contributed by atoms with Gasteiger partial charge < -0.3 is 4.74 Å². The molecule has 0 spiro atoms. The number of nitrogens with zero attached hydrogens (tertiary/aromatic N) is 4. The lowest BCUT2D eigenvalue weighted by Crippen LogP contribution is -2.23. The van der Waals surface area contributed by atoms with Crippen molar-refractivity contribution in [3.05, 3.63) is 113 Å². The molecule has 5 aromatic rings. The van der Waals surface area contributed by atoms with Gasteiger partial charge in [0.15, 0.2) is 0 Å². The van der Waals surface area contributed by atoms with Crippen molar-refractivity contribution in [1.82, 2.24) is 19.6 Å². The fourth-order valence-corrected chi connectivity index (χ4v) is 4.13. The summed E-state index contributed by atoms with van der Waals surface area (Å²) in [5.74, 6) is 0.742. The zero-order valence-corrected chi connectivity index (χ0v) is 19.1. The molecule has 0 saturated heterocycles. The molecule has 0 radical (unpaired) electrons. The Morgan fingerprint density at radius 2 is 1.50 bits per heavy atom. The Morgan fingerprint density at radius 3 is 2.21 bits per heavy atom. The second-order valence-corrected chi connectivity index (χ2v) is 7.99. The number of hydrogen-bond donors (Lipinski definition) is 0. The zero-order chi connectivity index (χ0) is 23.5. The van der Waals surface area contributed by atoms with E-state index in [1.807, 2.05) is 84.5 Å². The van der Waals surface area contributed by atoms with Crippen molar-refractivity contribution in [2.24, 2.45) is 7.05 Å². The third-order valence-corrected chi connectivity index (χ3v) is 5.73. The highest BCUT2D eigenvalue weighted by Crippen LogP contribution is 2.38. The van der Waals surface area contributed by atoms with Crippen molar-refractivity contribution >= 4 is 0 Å². The van der Waals surface area contributed by atoms with E-state index in [2.05, 4.69) is 12.1 Å². The van der Waals surface area contributed by atoms with E-state index in [0.717, 1.165) is 39.4 Å². The molecule has 2 heterocycles. The van der Waals surface area contributed by atoms with E-state index in [-0.39, 0.29) is 5.56 Å². The predicted octanol–water partition coefficient (Wildman–Crippen LogP) is 5.03. The van der Waals surface area contributed by atoms with Crippen LogP contribution in [0.2, 0.25) is 0 Å². The maximum atomic E-state index is 12.7. The largest absolute Gasteiger partial charge is 0.497 e. The molecular weight excluding hydrogens is 424 g/mol. The van der Waals surface area contributed by atoms with E-state index in [1.165, 1.54) is 4.68 Å². The predicted molar refractivity (Wildman–Crippen MR) is 134 cm³/mol. The maximum Gasteiger partial charge on any atom is 0.267 e. The van der Waals surface area contributed by atoms with Gasteiger partial charge in [-0.15, -0.1) is 0 Å². The highest BCUT2D eigenvalue weighted by molar-refractivity contribution is 5.90. The highest BCUT2D eigenvalue weighted by Gasteiger charge is 2.22. The van der Waals surface area contributed by atoms with Crippen LogP contribution in [0.5, 0.6) is 5.75 Å². The number of rotatable bonds is 6. The van der Waals surface area contributed by atoms with E-state index in [1.54, 1.807) is 19.2 Å². The van der Waals surface area contributed by atoms with Crippen molar-refractivity contribution in [3.63, 3.8) is 0 Å². The van der Waals surface area contributed by atoms with Gasteiger partial charge in [0, 0.05) is 24.2 Å². The second-order valence-electron chi connectivity index (χ2n) is 7.99. The number of ether oxygens (including phenoxy) is 1. The van der Waals surface area contributed by atoms with Crippen molar-refractivity contribution < 1.29 is 4.74 Å². The van der Waals surface area contributed by atoms with E-state index in [0.29, 0.717) is 12.2 Å². The lowest BCUT2D eigenvalue weighted by atomic mass is 9.99. The summed E-state index contributed by atoms with van der Waals surface area (Å²) >= 11 is 0. The molecule has 0 bridgehead atoms. The van der Waals surface area contributed by atoms with Crippen molar-refractivity contribution in [2.45, 2.75) is 6.54 Å². The smallest absolute Gasteiger partial charge is 0.267 e. The average molecular weight is 449 g/mol. The molecular formula is C28H24N4O2. The molecule has 0 aliphatic carbocycles. The van der Waals surface area contributed by atoms with Crippen LogP contribution < -0.4 is 10.3 Å². The summed E-state index contributed by atoms with van der Waals surface area (Å²) in [4.78, 5) is 12.7. The molecule has 2 aromatic heterocycles. The van der Waals surface area contributed by atoms with Gasteiger partial charge in [0.2, 0.25) is 0 Å². The first-order valence-electron chi connectivity index (χ1n) is 11.0. The summed E-state index contributed by atoms with van der Waals surface area (Å²) < 4.78 is 8.70. The second kappa shape index (κ2) is 9.19. The minimum Gasteiger partial charge on any atom is -0.497 e. The lowest BCUT2D eigenvalue weighted by Gasteiger charge is -2.11. The molecule has 0 unspecified atom stereocenters. The Balaban J connectivity index is 1.69. The van der Waals surface area contributed by atoms with Crippen LogP contribution in [0, 0.1) is 0 Å². The average Bonchev–Trinajstić information content (AvgIpc) is 3.23. The number of hydrogen-bond acceptors (Lipinski definition) is 4. The quantitative estimate of drug-likeness (QED) is 0.365. The SMILES string of the molecule is COc1cccc(Cn2nc(-c3c(-c4ccccc4)nn(C)c3-c3ccccc3)ccc2=O)c1. The van der Waals surface area contributed by atoms with Crippen LogP contribution in [0.4, 0.5) is 0 Å². The molecule has 6 heteroatoms. The molecule has 34 heavy (non-hydrogen) atoms. The first kappa shape index (κ1) is 21.4. The monoisotopic (exact) mass is 448 g/mol. The van der Waals surface area contributed by atoms with Crippen molar-refractivity contribution in [3.8, 4) is 39.5 Å². The van der Waals surface area contributed by atoms with Gasteiger partial charge in [0.25, 0.3) is 5.56 Å². The third-order valence-electron chi connectivity index (χ3n) is 5.73. The van der Waals surface area contributed by atoms with Gasteiger partial charge in [-0.25, -0.2) is 4.68 Å². The molecule has 0 amide bonds. The van der Waals surface area contributed by atoms with Gasteiger partial charge in [0.05, 0.1) is 30.6 Å². The third kappa shape index (κ3) is 4.13. The van der Waals surface area contributed by atoms with Crippen LogP contribution in [0.1, 0.15) is 5.56 Å². The first-order valence-corrected chi connectivity index (χ1v) is 11.0. The van der Waals surface area contributed by atoms with Crippen LogP contribution in [0.25, 0.3) is 33.8 Å². The van der Waals surface area contributed by atoms with Gasteiger partial charge in [-0.2, -0.15) is 10.2 Å². The van der Waals surface area contributed by atoms with E-state index < -0.39 is 0 Å². The Kier molecular flexibility index (Phi) is 5.79. The summed E-state index contributed by atoms with van der Waals surface area (Å²) in [6.45, 7) is 0.339. The summed E-state index contributed by atoms with van der Waals surface area (Å²) in [5.41, 5.74) is 6.12. The van der Waals surface area contributed by atoms with E-state index in [4.69, 9.17) is 14.9 Å². The number of benzene rings is 3. The highest BCUT2D eigenvalue weighted by atomic mass is 16.5. The fraction of sp³-hybridized carbons (Fsp3) is 0.107. The molecule has 3 aromatic carbocycles. The standard InChI is InChI=1S/C28H24N4O2/c1-31-28(22-13-7-4-8-14-22)26(27(30-31)21-11-5-3-6-12-21)24-16-17-25(33)32(29-24)19-20-10-9-15-23(18-20)34-2/h3-18H,19H2,1-2H3. The molecule has 0 aliphatic rings. The van der Waals surface area contributed by atoms with Crippen LogP contribution in [-0.2, 0) is 13.6 Å². The molecule has 0 N–H and O–H groups in total. The van der Waals surface area contributed by atoms with Crippen molar-refractivity contribution in [1.29, 1.82) is 0 Å². The summed E-state index contributed by atoms with van der Waals surface area (Å²) in [7, 11) is 3.56. The van der Waals surface area contributed by atoms with Gasteiger partial charge >= 0.3 is 0 Å². The topological polar surface area (TPSA) is 61.9 Å². The lowest BCUT2D eigenvalue weighted by molar-refractivity contribution is 0.414. The molecule has 5 rings (SSSR count). The van der Waals surface area contributed by atoms with Gasteiger partial charge in [-0.1, -0.05) is 72.8 Å². The Hall–Kier alpha value is -4.45. The summed E-state index contributed by atoms with van der Waals surface area (Å²) in [6.07, 6.45) is 0. The molecule has 0 aliphatic heterocycles. The first-order chi connectivity index (χ1) is 16.6. The maximum absolute atomic E-state index is 12.7. The molecule has 0 saturated carbocycles. The van der Waals surface area contributed by atoms with Crippen molar-refractivity contribution in [2.75, 3.05) is 7.11 Å². The Morgan fingerprint density at radius 1 is 0.794 bits per heavy atom. The number of aromatic nitrogens is 4. The molecule has 6 nitrogen and oxygen atoms in total. The van der Waals surface area contributed by atoms with Gasteiger partial charge in [-0.3, -0.25) is 9.48 Å². The van der Waals surface area contributed by atoms with E-state index >= 15 is 0 Å². The zero-order valence-electron chi connectivity index (χ0n) is 19.1. The van der Waals surface area contributed by atoms with Crippen LogP contribution in [0.3, 0.4) is 0 Å². The molecule has 0 fully saturated rings. The van der Waals surface area contributed by atoms with Gasteiger partial charge in [0.1, 0.15) is 11.4 Å². The molecule has 168 valence electrons. The minimum absolute atomic E-state index is 0.169. The summed E-state index contributed by atoms with van der Waals surface area (Å²) in [5, 5.41) is 9.65. The number of methoxy groups -OCH3 is 1. The Labute approximate surface area is 197 Å². The van der Waals surface area contributed by atoms with E-state index in [9.17, 15) is 4.79 Å². The number of aryl methyl sites for hydroxylation is 1. The summed E-state index contributed by atoms with van der Waals surface area (Å²) in [6, 6.07) is 31.2. The van der Waals surface area contributed by atoms with Crippen LogP contribution in [-0.4, -0.2) is 26.7 Å². The minimum atomic E-state index is -0.169. The fourth-order valence-electron chi connectivity index (χ4n) is 4.13.